The molecule has 0 spiro atoms. The van der Waals surface area contributed by atoms with E-state index < -0.39 is 0 Å². The van der Waals surface area contributed by atoms with Gasteiger partial charge in [-0.05, 0) is 75.0 Å². The van der Waals surface area contributed by atoms with Gasteiger partial charge < -0.3 is 0 Å². The van der Waals surface area contributed by atoms with Crippen LogP contribution in [0, 0.1) is 23.7 Å². The Balaban J connectivity index is 1.72. The van der Waals surface area contributed by atoms with Gasteiger partial charge in [0.15, 0.2) is 0 Å². The van der Waals surface area contributed by atoms with Crippen molar-refractivity contribution in [2.75, 3.05) is 0 Å². The SMILES string of the molecule is C[C]1CCC(/C=C/[C]2CCC(C)CC2)CC1. The summed E-state index contributed by atoms with van der Waals surface area (Å²) >= 11 is 0. The molecule has 0 heteroatoms. The van der Waals surface area contributed by atoms with Crippen LogP contribution in [0.4, 0.5) is 0 Å². The van der Waals surface area contributed by atoms with E-state index in [1.807, 2.05) is 0 Å². The van der Waals surface area contributed by atoms with E-state index in [2.05, 4.69) is 26.0 Å². The molecule has 0 N–H and O–H groups in total. The molecule has 0 saturated heterocycles. The van der Waals surface area contributed by atoms with Crippen LogP contribution in [0.1, 0.15) is 65.2 Å². The Labute approximate surface area is 102 Å². The quantitative estimate of drug-likeness (QED) is 0.604. The number of rotatable bonds is 2. The molecule has 16 heavy (non-hydrogen) atoms. The maximum atomic E-state index is 2.51. The van der Waals surface area contributed by atoms with Gasteiger partial charge in [0.2, 0.25) is 0 Å². The van der Waals surface area contributed by atoms with Gasteiger partial charge in [0.1, 0.15) is 0 Å². The normalized spacial score (nSPS) is 27.9. The van der Waals surface area contributed by atoms with Gasteiger partial charge in [0.25, 0.3) is 0 Å². The molecule has 2 aliphatic carbocycles. The van der Waals surface area contributed by atoms with Crippen LogP contribution in [0.15, 0.2) is 12.2 Å². The predicted octanol–water partition coefficient (Wildman–Crippen LogP) is 5.11. The summed E-state index contributed by atoms with van der Waals surface area (Å²) in [5, 5.41) is 0. The van der Waals surface area contributed by atoms with E-state index in [1.165, 1.54) is 51.4 Å². The molecular formula is C16H26. The van der Waals surface area contributed by atoms with Gasteiger partial charge in [0, 0.05) is 0 Å². The topological polar surface area (TPSA) is 0 Å². The number of allylic oxidation sites excluding steroid dienone is 2. The second-order valence-corrected chi connectivity index (χ2v) is 5.99. The van der Waals surface area contributed by atoms with Crippen molar-refractivity contribution in [3.63, 3.8) is 0 Å². The predicted molar refractivity (Wildman–Crippen MR) is 70.9 cm³/mol. The molecule has 2 saturated carbocycles. The highest BCUT2D eigenvalue weighted by Crippen LogP contribution is 2.33. The molecule has 0 aromatic carbocycles. The van der Waals surface area contributed by atoms with Gasteiger partial charge in [-0.2, -0.15) is 0 Å². The van der Waals surface area contributed by atoms with Gasteiger partial charge in [-0.25, -0.2) is 0 Å². The lowest BCUT2D eigenvalue weighted by atomic mass is 9.80. The molecular weight excluding hydrogens is 192 g/mol. The van der Waals surface area contributed by atoms with Crippen molar-refractivity contribution >= 4 is 0 Å². The van der Waals surface area contributed by atoms with Gasteiger partial charge in [-0.3, -0.25) is 0 Å². The van der Waals surface area contributed by atoms with Crippen molar-refractivity contribution in [3.05, 3.63) is 24.0 Å². The zero-order chi connectivity index (χ0) is 11.4. The molecule has 2 radical (unpaired) electrons. The van der Waals surface area contributed by atoms with Crippen LogP contribution in [0.2, 0.25) is 0 Å². The van der Waals surface area contributed by atoms with Crippen molar-refractivity contribution in [1.82, 2.24) is 0 Å². The smallest absolute Gasteiger partial charge is 0.00270 e. The lowest BCUT2D eigenvalue weighted by Gasteiger charge is -2.26. The minimum absolute atomic E-state index is 0.871. The van der Waals surface area contributed by atoms with Gasteiger partial charge >= 0.3 is 0 Å². The monoisotopic (exact) mass is 218 g/mol. The minimum atomic E-state index is 0.871. The molecule has 0 aromatic heterocycles. The third-order valence-electron chi connectivity index (χ3n) is 4.40. The summed E-state index contributed by atoms with van der Waals surface area (Å²) in [6.07, 6.45) is 16.0. The van der Waals surface area contributed by atoms with Crippen LogP contribution < -0.4 is 0 Å². The van der Waals surface area contributed by atoms with E-state index in [-0.39, 0.29) is 0 Å². The minimum Gasteiger partial charge on any atom is -0.0848 e. The van der Waals surface area contributed by atoms with Crippen molar-refractivity contribution in [3.8, 4) is 0 Å². The summed E-state index contributed by atoms with van der Waals surface area (Å²) in [6, 6.07) is 0. The van der Waals surface area contributed by atoms with E-state index in [0.29, 0.717) is 0 Å². The molecule has 2 aliphatic rings. The molecule has 0 bridgehead atoms. The van der Waals surface area contributed by atoms with Crippen LogP contribution in [0.5, 0.6) is 0 Å². The molecule has 0 unspecified atom stereocenters. The third-order valence-corrected chi connectivity index (χ3v) is 4.40. The summed E-state index contributed by atoms with van der Waals surface area (Å²) in [4.78, 5) is 0. The highest BCUT2D eigenvalue weighted by atomic mass is 14.2. The summed E-state index contributed by atoms with van der Waals surface area (Å²) < 4.78 is 0. The van der Waals surface area contributed by atoms with E-state index in [0.717, 1.165) is 11.8 Å². The summed E-state index contributed by atoms with van der Waals surface area (Å²) in [5.41, 5.74) is 0. The Morgan fingerprint density at radius 1 is 0.938 bits per heavy atom. The second kappa shape index (κ2) is 5.89. The molecule has 0 amide bonds. The number of hydrogen-bond donors (Lipinski definition) is 0. The maximum absolute atomic E-state index is 2.51. The van der Waals surface area contributed by atoms with Crippen molar-refractivity contribution in [1.29, 1.82) is 0 Å². The maximum Gasteiger partial charge on any atom is -0.00270 e. The van der Waals surface area contributed by atoms with Crippen LogP contribution in [0.25, 0.3) is 0 Å². The summed E-state index contributed by atoms with van der Waals surface area (Å²) in [7, 11) is 0. The van der Waals surface area contributed by atoms with Crippen molar-refractivity contribution < 1.29 is 0 Å². The Kier molecular flexibility index (Phi) is 4.49. The van der Waals surface area contributed by atoms with E-state index in [9.17, 15) is 0 Å². The highest BCUT2D eigenvalue weighted by molar-refractivity contribution is 5.13. The fourth-order valence-electron chi connectivity index (χ4n) is 2.90. The number of hydrogen-bond acceptors (Lipinski definition) is 0. The lowest BCUT2D eigenvalue weighted by molar-refractivity contribution is 0.416. The van der Waals surface area contributed by atoms with Gasteiger partial charge in [-0.1, -0.05) is 26.0 Å². The average molecular weight is 218 g/mol. The van der Waals surface area contributed by atoms with Crippen LogP contribution in [-0.4, -0.2) is 0 Å². The fraction of sp³-hybridized carbons (Fsp3) is 0.750. The molecule has 90 valence electrons. The van der Waals surface area contributed by atoms with Gasteiger partial charge in [-0.15, -0.1) is 0 Å². The Hall–Kier alpha value is -0.260. The zero-order valence-electron chi connectivity index (χ0n) is 11.0. The van der Waals surface area contributed by atoms with Crippen LogP contribution in [-0.2, 0) is 0 Å². The molecule has 0 nitrogen and oxygen atoms in total. The third kappa shape index (κ3) is 3.64. The Bertz CT molecular complexity index is 188. The van der Waals surface area contributed by atoms with Crippen LogP contribution in [0.3, 0.4) is 0 Å². The highest BCUT2D eigenvalue weighted by Gasteiger charge is 2.19. The first-order chi connectivity index (χ1) is 7.74. The second-order valence-electron chi connectivity index (χ2n) is 5.99. The largest absolute Gasteiger partial charge is 0.0848 e. The summed E-state index contributed by atoms with van der Waals surface area (Å²) in [5.74, 6) is 5.26. The Morgan fingerprint density at radius 2 is 1.56 bits per heavy atom. The summed E-state index contributed by atoms with van der Waals surface area (Å²) in [6.45, 7) is 4.71. The first-order valence-electron chi connectivity index (χ1n) is 7.08. The van der Waals surface area contributed by atoms with Crippen molar-refractivity contribution in [2.24, 2.45) is 11.8 Å². The van der Waals surface area contributed by atoms with Crippen molar-refractivity contribution in [2.45, 2.75) is 65.2 Å². The van der Waals surface area contributed by atoms with Crippen LogP contribution >= 0.6 is 0 Å². The van der Waals surface area contributed by atoms with E-state index in [4.69, 9.17) is 0 Å². The molecule has 0 heterocycles. The molecule has 0 aromatic rings. The lowest BCUT2D eigenvalue weighted by Crippen LogP contribution is -2.11. The zero-order valence-corrected chi connectivity index (χ0v) is 11.0. The van der Waals surface area contributed by atoms with E-state index >= 15 is 0 Å². The molecule has 0 aliphatic heterocycles. The fourth-order valence-corrected chi connectivity index (χ4v) is 2.90. The molecule has 2 fully saturated rings. The standard InChI is InChI=1S/C16H26/c1-13-3-7-15(8-4-13)11-12-16-9-5-14(2)6-10-16/h11-13,16H,3-10H2,1-2H3/b12-11+. The van der Waals surface area contributed by atoms with E-state index in [1.54, 1.807) is 11.8 Å². The first kappa shape index (κ1) is 12.2. The van der Waals surface area contributed by atoms with Gasteiger partial charge in [0.05, 0.1) is 0 Å². The average Bonchev–Trinajstić information content (AvgIpc) is 2.30. The molecule has 0 atom stereocenters. The Morgan fingerprint density at radius 3 is 2.19 bits per heavy atom. The first-order valence-corrected chi connectivity index (χ1v) is 7.08. The molecule has 2 rings (SSSR count).